The van der Waals surface area contributed by atoms with Crippen LogP contribution in [0.2, 0.25) is 0 Å². The summed E-state index contributed by atoms with van der Waals surface area (Å²) in [5.74, 6) is -1.16. The number of carbonyl (C=O) groups excluding carboxylic acids is 1. The zero-order chi connectivity index (χ0) is 23.9. The number of fused-ring (bicyclic) bond motifs is 1. The Morgan fingerprint density at radius 1 is 1.21 bits per heavy atom. The Labute approximate surface area is 190 Å². The molecule has 1 aliphatic heterocycles. The number of carbonyl (C=O) groups is 1. The van der Waals surface area contributed by atoms with Gasteiger partial charge in [0.2, 0.25) is 0 Å². The minimum atomic E-state index is -4.42. The van der Waals surface area contributed by atoms with E-state index in [2.05, 4.69) is 10.1 Å². The first-order valence-corrected chi connectivity index (χ1v) is 10.7. The Balaban J connectivity index is 1.78. The summed E-state index contributed by atoms with van der Waals surface area (Å²) in [6.45, 7) is 5.25. The molecular formula is C24H25F3N4O2. The van der Waals surface area contributed by atoms with E-state index in [0.717, 1.165) is 5.56 Å². The molecular weight excluding hydrogens is 433 g/mol. The third-order valence-corrected chi connectivity index (χ3v) is 5.94. The number of benzene rings is 2. The lowest BCUT2D eigenvalue weighted by molar-refractivity contribution is -0.172. The first-order valence-electron chi connectivity index (χ1n) is 10.7. The molecule has 0 bridgehead atoms. The summed E-state index contributed by atoms with van der Waals surface area (Å²) < 4.78 is 48.1. The van der Waals surface area contributed by atoms with Crippen LogP contribution in [0.1, 0.15) is 47.1 Å². The average Bonchev–Trinajstić information content (AvgIpc) is 3.28. The molecule has 1 aliphatic rings. The molecule has 0 N–H and O–H groups in total. The quantitative estimate of drug-likeness (QED) is 0.547. The fourth-order valence-corrected chi connectivity index (χ4v) is 4.06. The molecule has 0 aliphatic carbocycles. The molecule has 2 heterocycles. The lowest BCUT2D eigenvalue weighted by Gasteiger charge is -2.36. The first-order chi connectivity index (χ1) is 15.6. The maximum absolute atomic E-state index is 13.7. The Morgan fingerprint density at radius 3 is 2.61 bits per heavy atom. The largest absolute Gasteiger partial charge is 0.496 e. The molecule has 1 atom stereocenters. The number of hydrogen-bond acceptors (Lipinski definition) is 4. The van der Waals surface area contributed by atoms with E-state index in [0.29, 0.717) is 22.8 Å². The van der Waals surface area contributed by atoms with E-state index < -0.39 is 24.5 Å². The minimum absolute atomic E-state index is 0.123. The highest BCUT2D eigenvalue weighted by molar-refractivity contribution is 6.09. The molecule has 6 nitrogen and oxygen atoms in total. The number of amides is 1. The van der Waals surface area contributed by atoms with Gasteiger partial charge in [0, 0.05) is 18.2 Å². The van der Waals surface area contributed by atoms with Crippen LogP contribution in [0.25, 0.3) is 5.69 Å². The van der Waals surface area contributed by atoms with Crippen molar-refractivity contribution in [3.63, 3.8) is 0 Å². The standard InChI is InChI=1S/C24H25F3N4O2/c1-14(2)22-28-13-31(29-22)17-8-9-21(33-4)19(11-17)23(32)30-12-16(24(25,26)27)10-18-15(3)6-5-7-20(18)30/h5-9,11,13-14,16H,10,12H2,1-4H3/t16-/m1/s1. The van der Waals surface area contributed by atoms with Crippen LogP contribution in [0.3, 0.4) is 0 Å². The van der Waals surface area contributed by atoms with Gasteiger partial charge in [-0.1, -0.05) is 26.0 Å². The van der Waals surface area contributed by atoms with Crippen LogP contribution >= 0.6 is 0 Å². The topological polar surface area (TPSA) is 60.2 Å². The molecule has 33 heavy (non-hydrogen) atoms. The van der Waals surface area contributed by atoms with Crippen molar-refractivity contribution in [2.75, 3.05) is 18.6 Å². The Morgan fingerprint density at radius 2 is 1.97 bits per heavy atom. The van der Waals surface area contributed by atoms with Gasteiger partial charge in [-0.05, 0) is 48.7 Å². The molecule has 1 amide bonds. The van der Waals surface area contributed by atoms with Crippen LogP contribution in [0.4, 0.5) is 18.9 Å². The monoisotopic (exact) mass is 458 g/mol. The number of nitrogens with zero attached hydrogens (tertiary/aromatic N) is 4. The van der Waals surface area contributed by atoms with Gasteiger partial charge in [0.15, 0.2) is 5.82 Å². The molecule has 3 aromatic rings. The normalized spacial score (nSPS) is 16.1. The molecule has 0 unspecified atom stereocenters. The Kier molecular flexibility index (Phi) is 5.90. The molecule has 0 saturated carbocycles. The van der Waals surface area contributed by atoms with Crippen molar-refractivity contribution in [2.24, 2.45) is 5.92 Å². The maximum Gasteiger partial charge on any atom is 0.393 e. The van der Waals surface area contributed by atoms with Gasteiger partial charge in [0.25, 0.3) is 5.91 Å². The smallest absolute Gasteiger partial charge is 0.393 e. The van der Waals surface area contributed by atoms with Crippen molar-refractivity contribution < 1.29 is 22.7 Å². The van der Waals surface area contributed by atoms with Gasteiger partial charge in [0.1, 0.15) is 12.1 Å². The highest BCUT2D eigenvalue weighted by Gasteiger charge is 2.45. The van der Waals surface area contributed by atoms with Crippen LogP contribution in [0, 0.1) is 12.8 Å². The predicted octanol–water partition coefficient (Wildman–Crippen LogP) is 5.09. The highest BCUT2D eigenvalue weighted by Crippen LogP contribution is 2.40. The molecule has 2 aromatic carbocycles. The summed E-state index contributed by atoms with van der Waals surface area (Å²) in [6.07, 6.45) is -3.02. The fraction of sp³-hybridized carbons (Fsp3) is 0.375. The second-order valence-electron chi connectivity index (χ2n) is 8.52. The summed E-state index contributed by atoms with van der Waals surface area (Å²) in [5, 5.41) is 4.43. The summed E-state index contributed by atoms with van der Waals surface area (Å²) in [5.41, 5.74) is 2.48. The molecule has 9 heteroatoms. The molecule has 0 radical (unpaired) electrons. The van der Waals surface area contributed by atoms with Gasteiger partial charge in [-0.2, -0.15) is 18.3 Å². The zero-order valence-corrected chi connectivity index (χ0v) is 18.8. The molecule has 4 rings (SSSR count). The van der Waals surface area contributed by atoms with Gasteiger partial charge >= 0.3 is 6.18 Å². The van der Waals surface area contributed by atoms with Crippen LogP contribution < -0.4 is 9.64 Å². The van der Waals surface area contributed by atoms with E-state index >= 15 is 0 Å². The van der Waals surface area contributed by atoms with Gasteiger partial charge in [-0.15, -0.1) is 0 Å². The summed E-state index contributed by atoms with van der Waals surface area (Å²) in [6, 6.07) is 10.1. The van der Waals surface area contributed by atoms with E-state index in [-0.39, 0.29) is 23.7 Å². The number of alkyl halides is 3. The lowest BCUT2D eigenvalue weighted by atomic mass is 9.88. The zero-order valence-electron chi connectivity index (χ0n) is 18.8. The van der Waals surface area contributed by atoms with E-state index in [1.807, 2.05) is 13.8 Å². The second-order valence-corrected chi connectivity index (χ2v) is 8.52. The highest BCUT2D eigenvalue weighted by atomic mass is 19.4. The fourth-order valence-electron chi connectivity index (χ4n) is 4.06. The summed E-state index contributed by atoms with van der Waals surface area (Å²) in [7, 11) is 1.42. The van der Waals surface area contributed by atoms with E-state index in [4.69, 9.17) is 4.74 Å². The lowest BCUT2D eigenvalue weighted by Crippen LogP contribution is -2.45. The Bertz CT molecular complexity index is 1190. The van der Waals surface area contributed by atoms with Gasteiger partial charge in [-0.25, -0.2) is 9.67 Å². The number of rotatable bonds is 4. The second kappa shape index (κ2) is 8.53. The van der Waals surface area contributed by atoms with Gasteiger partial charge in [-0.3, -0.25) is 4.79 Å². The van der Waals surface area contributed by atoms with Crippen LogP contribution in [-0.4, -0.2) is 40.5 Å². The minimum Gasteiger partial charge on any atom is -0.496 e. The first kappa shape index (κ1) is 22.8. The number of halogens is 3. The van der Waals surface area contributed by atoms with Crippen molar-refractivity contribution in [1.29, 1.82) is 0 Å². The van der Waals surface area contributed by atoms with Crippen LogP contribution in [-0.2, 0) is 6.42 Å². The number of anilines is 1. The van der Waals surface area contributed by atoms with E-state index in [1.54, 1.807) is 54.3 Å². The number of methoxy groups -OCH3 is 1. The number of hydrogen-bond donors (Lipinski definition) is 0. The number of ether oxygens (including phenoxy) is 1. The van der Waals surface area contributed by atoms with Crippen LogP contribution in [0.5, 0.6) is 5.75 Å². The third kappa shape index (κ3) is 4.31. The van der Waals surface area contributed by atoms with Crippen molar-refractivity contribution >= 4 is 11.6 Å². The molecule has 0 spiro atoms. The van der Waals surface area contributed by atoms with E-state index in [9.17, 15) is 18.0 Å². The third-order valence-electron chi connectivity index (χ3n) is 5.94. The molecule has 0 fully saturated rings. The van der Waals surface area contributed by atoms with Crippen molar-refractivity contribution in [3.05, 3.63) is 65.2 Å². The van der Waals surface area contributed by atoms with Crippen LogP contribution in [0.15, 0.2) is 42.7 Å². The average molecular weight is 458 g/mol. The van der Waals surface area contributed by atoms with Gasteiger partial charge in [0.05, 0.1) is 24.3 Å². The molecule has 174 valence electrons. The van der Waals surface area contributed by atoms with E-state index in [1.165, 1.54) is 12.0 Å². The van der Waals surface area contributed by atoms with Crippen molar-refractivity contribution in [1.82, 2.24) is 14.8 Å². The van der Waals surface area contributed by atoms with Crippen molar-refractivity contribution in [3.8, 4) is 11.4 Å². The van der Waals surface area contributed by atoms with Gasteiger partial charge < -0.3 is 9.64 Å². The predicted molar refractivity (Wildman–Crippen MR) is 118 cm³/mol. The Hall–Kier alpha value is -3.36. The maximum atomic E-state index is 13.7. The summed E-state index contributed by atoms with van der Waals surface area (Å²) in [4.78, 5) is 19.1. The number of aromatic nitrogens is 3. The molecule has 0 saturated heterocycles. The SMILES string of the molecule is COc1ccc(-n2cnc(C(C)C)n2)cc1C(=O)N1C[C@H](C(F)(F)F)Cc2c(C)cccc21. The van der Waals surface area contributed by atoms with Crippen molar-refractivity contribution in [2.45, 2.75) is 39.3 Å². The summed E-state index contributed by atoms with van der Waals surface area (Å²) >= 11 is 0. The number of aryl methyl sites for hydroxylation is 1. The molecule has 1 aromatic heterocycles.